The summed E-state index contributed by atoms with van der Waals surface area (Å²) >= 11 is 0. The van der Waals surface area contributed by atoms with Crippen LogP contribution in [0.4, 0.5) is 10.2 Å². The van der Waals surface area contributed by atoms with Crippen molar-refractivity contribution in [3.05, 3.63) is 36.4 Å². The summed E-state index contributed by atoms with van der Waals surface area (Å²) in [6.07, 6.45) is 1.46. The first-order valence-electron chi connectivity index (χ1n) is 5.65. The molecule has 0 aliphatic heterocycles. The predicted molar refractivity (Wildman–Crippen MR) is 68.1 cm³/mol. The lowest BCUT2D eigenvalue weighted by Gasteiger charge is -2.12. The van der Waals surface area contributed by atoms with Crippen molar-refractivity contribution in [1.82, 2.24) is 9.97 Å². The molecule has 0 unspecified atom stereocenters. The third-order valence-corrected chi connectivity index (χ3v) is 2.47. The fourth-order valence-electron chi connectivity index (χ4n) is 1.67. The minimum absolute atomic E-state index is 0.279. The van der Waals surface area contributed by atoms with E-state index in [-0.39, 0.29) is 5.82 Å². The van der Waals surface area contributed by atoms with Crippen molar-refractivity contribution < 1.29 is 9.13 Å². The minimum atomic E-state index is -0.279. The number of hydrogen-bond donors (Lipinski definition) is 1. The molecule has 5 heteroatoms. The molecule has 94 valence electrons. The number of benzene rings is 1. The smallest absolute Gasteiger partial charge is 0.187 e. The van der Waals surface area contributed by atoms with Gasteiger partial charge in [-0.3, -0.25) is 0 Å². The number of aromatic nitrogens is 2. The molecule has 0 fully saturated rings. The van der Waals surface area contributed by atoms with Gasteiger partial charge in [0.25, 0.3) is 0 Å². The topological polar surface area (TPSA) is 47.0 Å². The monoisotopic (exact) mass is 247 g/mol. The number of nitrogens with one attached hydrogen (secondary N) is 1. The van der Waals surface area contributed by atoms with Crippen LogP contribution in [0.3, 0.4) is 0 Å². The normalized spacial score (nSPS) is 10.2. The van der Waals surface area contributed by atoms with E-state index >= 15 is 0 Å². The zero-order chi connectivity index (χ0) is 13.0. The van der Waals surface area contributed by atoms with Crippen LogP contribution < -0.4 is 10.1 Å². The highest BCUT2D eigenvalue weighted by Gasteiger charge is 2.13. The van der Waals surface area contributed by atoms with Crippen LogP contribution in [0.5, 0.6) is 5.75 Å². The molecular formula is C13H14FN3O. The van der Waals surface area contributed by atoms with Crippen LogP contribution >= 0.6 is 0 Å². The second-order valence-electron chi connectivity index (χ2n) is 3.64. The Hall–Kier alpha value is -2.17. The molecule has 18 heavy (non-hydrogen) atoms. The number of methoxy groups -OCH3 is 1. The quantitative estimate of drug-likeness (QED) is 0.902. The molecule has 0 bridgehead atoms. The summed E-state index contributed by atoms with van der Waals surface area (Å²) in [6.45, 7) is 2.70. The summed E-state index contributed by atoms with van der Waals surface area (Å²) in [6, 6.07) is 6.11. The Labute approximate surface area is 105 Å². The van der Waals surface area contributed by atoms with Gasteiger partial charge in [0.1, 0.15) is 17.8 Å². The van der Waals surface area contributed by atoms with Crippen molar-refractivity contribution in [2.45, 2.75) is 6.92 Å². The van der Waals surface area contributed by atoms with Crippen LogP contribution in [0.25, 0.3) is 11.3 Å². The number of rotatable bonds is 4. The van der Waals surface area contributed by atoms with Crippen LogP contribution in [-0.2, 0) is 0 Å². The second kappa shape index (κ2) is 5.44. The average Bonchev–Trinajstić information content (AvgIpc) is 2.40. The highest BCUT2D eigenvalue weighted by Crippen LogP contribution is 2.32. The Morgan fingerprint density at radius 1 is 1.22 bits per heavy atom. The standard InChI is InChI=1S/C13H14FN3O/c1-3-15-13-12(18-2)11(16-8-17-13)9-4-6-10(14)7-5-9/h4-8H,3H2,1-2H3,(H,15,16,17). The molecule has 1 aromatic carbocycles. The molecule has 0 amide bonds. The van der Waals surface area contributed by atoms with E-state index in [0.29, 0.717) is 17.3 Å². The number of hydrogen-bond acceptors (Lipinski definition) is 4. The third kappa shape index (κ3) is 2.40. The van der Waals surface area contributed by atoms with Crippen molar-refractivity contribution in [2.24, 2.45) is 0 Å². The second-order valence-corrected chi connectivity index (χ2v) is 3.64. The number of halogens is 1. The zero-order valence-corrected chi connectivity index (χ0v) is 10.3. The van der Waals surface area contributed by atoms with Gasteiger partial charge in [-0.15, -0.1) is 0 Å². The lowest BCUT2D eigenvalue weighted by Crippen LogP contribution is -2.04. The predicted octanol–water partition coefficient (Wildman–Crippen LogP) is 2.72. The molecule has 4 nitrogen and oxygen atoms in total. The fraction of sp³-hybridized carbons (Fsp3) is 0.231. The molecule has 0 radical (unpaired) electrons. The van der Waals surface area contributed by atoms with Gasteiger partial charge in [-0.1, -0.05) is 0 Å². The molecule has 0 aliphatic rings. The van der Waals surface area contributed by atoms with E-state index in [2.05, 4.69) is 15.3 Å². The maximum absolute atomic E-state index is 12.9. The molecular weight excluding hydrogens is 233 g/mol. The lowest BCUT2D eigenvalue weighted by atomic mass is 10.1. The number of ether oxygens (including phenoxy) is 1. The summed E-state index contributed by atoms with van der Waals surface area (Å²) in [4.78, 5) is 8.32. The van der Waals surface area contributed by atoms with Crippen LogP contribution in [0.1, 0.15) is 6.92 Å². The van der Waals surface area contributed by atoms with E-state index in [9.17, 15) is 4.39 Å². The van der Waals surface area contributed by atoms with Crippen LogP contribution in [0, 0.1) is 5.82 Å². The molecule has 0 saturated heterocycles. The Morgan fingerprint density at radius 3 is 2.56 bits per heavy atom. The van der Waals surface area contributed by atoms with Gasteiger partial charge in [-0.05, 0) is 31.2 Å². The Bertz CT molecular complexity index is 528. The first-order chi connectivity index (χ1) is 8.76. The van der Waals surface area contributed by atoms with Gasteiger partial charge in [0.2, 0.25) is 0 Å². The van der Waals surface area contributed by atoms with Gasteiger partial charge in [-0.25, -0.2) is 14.4 Å². The van der Waals surface area contributed by atoms with Gasteiger partial charge >= 0.3 is 0 Å². The molecule has 0 atom stereocenters. The van der Waals surface area contributed by atoms with Crippen molar-refractivity contribution >= 4 is 5.82 Å². The first-order valence-corrected chi connectivity index (χ1v) is 5.65. The molecule has 1 N–H and O–H groups in total. The molecule has 2 rings (SSSR count). The molecule has 0 saturated carbocycles. The van der Waals surface area contributed by atoms with Gasteiger partial charge in [-0.2, -0.15) is 0 Å². The molecule has 0 aliphatic carbocycles. The van der Waals surface area contributed by atoms with Crippen molar-refractivity contribution in [3.63, 3.8) is 0 Å². The summed E-state index contributed by atoms with van der Waals surface area (Å²) in [5, 5.41) is 3.10. The Balaban J connectivity index is 2.49. The summed E-state index contributed by atoms with van der Waals surface area (Å²) in [5.41, 5.74) is 1.43. The highest BCUT2D eigenvalue weighted by atomic mass is 19.1. The molecule has 0 spiro atoms. The average molecular weight is 247 g/mol. The van der Waals surface area contributed by atoms with Gasteiger partial charge < -0.3 is 10.1 Å². The summed E-state index contributed by atoms with van der Waals surface area (Å²) in [7, 11) is 1.56. The Morgan fingerprint density at radius 2 is 1.94 bits per heavy atom. The lowest BCUT2D eigenvalue weighted by molar-refractivity contribution is 0.414. The maximum Gasteiger partial charge on any atom is 0.187 e. The third-order valence-electron chi connectivity index (χ3n) is 2.47. The molecule has 1 aromatic heterocycles. The SMILES string of the molecule is CCNc1ncnc(-c2ccc(F)cc2)c1OC. The Kier molecular flexibility index (Phi) is 3.72. The molecule has 2 aromatic rings. The largest absolute Gasteiger partial charge is 0.491 e. The van der Waals surface area contributed by atoms with Gasteiger partial charge in [0.15, 0.2) is 11.6 Å². The van der Waals surface area contributed by atoms with E-state index < -0.39 is 0 Å². The van der Waals surface area contributed by atoms with Crippen molar-refractivity contribution in [2.75, 3.05) is 19.0 Å². The van der Waals surface area contributed by atoms with Crippen molar-refractivity contribution in [1.29, 1.82) is 0 Å². The van der Waals surface area contributed by atoms with Crippen LogP contribution in [0.2, 0.25) is 0 Å². The first kappa shape index (κ1) is 12.3. The summed E-state index contributed by atoms with van der Waals surface area (Å²) in [5.74, 6) is 0.916. The summed E-state index contributed by atoms with van der Waals surface area (Å²) < 4.78 is 18.2. The minimum Gasteiger partial charge on any atom is -0.491 e. The number of anilines is 1. The van der Waals surface area contributed by atoms with Gasteiger partial charge in [0.05, 0.1) is 7.11 Å². The van der Waals surface area contributed by atoms with Crippen LogP contribution in [-0.4, -0.2) is 23.6 Å². The molecule has 1 heterocycles. The zero-order valence-electron chi connectivity index (χ0n) is 10.3. The van der Waals surface area contributed by atoms with E-state index in [1.165, 1.54) is 18.5 Å². The highest BCUT2D eigenvalue weighted by molar-refractivity contribution is 5.72. The maximum atomic E-state index is 12.9. The van der Waals surface area contributed by atoms with Crippen molar-refractivity contribution in [3.8, 4) is 17.0 Å². The fourth-order valence-corrected chi connectivity index (χ4v) is 1.67. The van der Waals surface area contributed by atoms with Gasteiger partial charge in [0, 0.05) is 12.1 Å². The van der Waals surface area contributed by atoms with E-state index in [1.807, 2.05) is 6.92 Å². The van der Waals surface area contributed by atoms with E-state index in [1.54, 1.807) is 19.2 Å². The number of nitrogens with zero attached hydrogens (tertiary/aromatic N) is 2. The van der Waals surface area contributed by atoms with Crippen LogP contribution in [0.15, 0.2) is 30.6 Å². The van der Waals surface area contributed by atoms with E-state index in [0.717, 1.165) is 12.1 Å². The van der Waals surface area contributed by atoms with E-state index in [4.69, 9.17) is 4.74 Å².